The molecular formula is C21H33ClO6S. The molecule has 8 heteroatoms. The Morgan fingerprint density at radius 3 is 2.41 bits per heavy atom. The minimum atomic E-state index is -3.72. The van der Waals surface area contributed by atoms with Crippen LogP contribution in [0.4, 0.5) is 0 Å². The van der Waals surface area contributed by atoms with Crippen LogP contribution in [0.2, 0.25) is 0 Å². The van der Waals surface area contributed by atoms with Crippen molar-refractivity contribution in [3.05, 3.63) is 35.9 Å². The predicted octanol–water partition coefficient (Wildman–Crippen LogP) is 4.16. The Kier molecular flexibility index (Phi) is 11.2. The van der Waals surface area contributed by atoms with Gasteiger partial charge in [0.05, 0.1) is 25.6 Å². The Morgan fingerprint density at radius 1 is 1.17 bits per heavy atom. The fourth-order valence-corrected chi connectivity index (χ4v) is 3.84. The molecule has 0 bridgehead atoms. The second-order valence-corrected chi connectivity index (χ2v) is 10.2. The van der Waals surface area contributed by atoms with Gasteiger partial charge in [-0.2, -0.15) is 8.42 Å². The van der Waals surface area contributed by atoms with E-state index in [1.54, 1.807) is 13.8 Å². The normalized spacial score (nSPS) is 13.4. The van der Waals surface area contributed by atoms with Crippen LogP contribution in [0.25, 0.3) is 0 Å². The summed E-state index contributed by atoms with van der Waals surface area (Å²) in [6, 6.07) is 9.44. The minimum Gasteiger partial charge on any atom is -0.464 e. The van der Waals surface area contributed by atoms with Gasteiger partial charge in [0.25, 0.3) is 10.1 Å². The van der Waals surface area contributed by atoms with Crippen molar-refractivity contribution < 1.29 is 26.9 Å². The molecule has 1 rings (SSSR count). The molecule has 1 aromatic rings. The molecule has 166 valence electrons. The number of alkyl halides is 1. The first-order valence-electron chi connectivity index (χ1n) is 9.82. The molecule has 1 aromatic carbocycles. The highest BCUT2D eigenvalue weighted by Gasteiger charge is 2.39. The number of carbonyl (C=O) groups is 1. The number of halogens is 1. The summed E-state index contributed by atoms with van der Waals surface area (Å²) in [5.74, 6) is -0.0546. The van der Waals surface area contributed by atoms with Crippen LogP contribution in [-0.4, -0.2) is 45.3 Å². The summed E-state index contributed by atoms with van der Waals surface area (Å²) in [4.78, 5) is 12.7. The van der Waals surface area contributed by atoms with Crippen LogP contribution in [0.3, 0.4) is 0 Å². The Balaban J connectivity index is 2.83. The van der Waals surface area contributed by atoms with Crippen molar-refractivity contribution in [3.63, 3.8) is 0 Å². The van der Waals surface area contributed by atoms with Crippen molar-refractivity contribution >= 4 is 27.7 Å². The van der Waals surface area contributed by atoms with Gasteiger partial charge in [0.15, 0.2) is 6.10 Å². The van der Waals surface area contributed by atoms with Crippen LogP contribution in [0.5, 0.6) is 0 Å². The van der Waals surface area contributed by atoms with Crippen LogP contribution in [0.1, 0.15) is 46.1 Å². The first-order chi connectivity index (χ1) is 13.6. The molecule has 0 spiro atoms. The van der Waals surface area contributed by atoms with Crippen LogP contribution in [0.15, 0.2) is 30.3 Å². The van der Waals surface area contributed by atoms with E-state index < -0.39 is 27.6 Å². The number of esters is 1. The number of benzene rings is 1. The molecule has 0 saturated carbocycles. The fraction of sp³-hybridized carbons (Fsp3) is 0.667. The van der Waals surface area contributed by atoms with E-state index in [2.05, 4.69) is 0 Å². The lowest BCUT2D eigenvalue weighted by Gasteiger charge is -2.32. The molecule has 0 saturated heterocycles. The molecular weight excluding hydrogens is 416 g/mol. The lowest BCUT2D eigenvalue weighted by atomic mass is 9.87. The number of hydrogen-bond acceptors (Lipinski definition) is 6. The van der Waals surface area contributed by atoms with Gasteiger partial charge in [0, 0.05) is 11.3 Å². The predicted molar refractivity (Wildman–Crippen MR) is 114 cm³/mol. The van der Waals surface area contributed by atoms with Crippen molar-refractivity contribution in [1.82, 2.24) is 0 Å². The molecule has 0 aromatic heterocycles. The first kappa shape index (κ1) is 25.9. The van der Waals surface area contributed by atoms with Crippen molar-refractivity contribution in [2.24, 2.45) is 11.3 Å². The molecule has 0 amide bonds. The average molecular weight is 449 g/mol. The van der Waals surface area contributed by atoms with Crippen molar-refractivity contribution in [2.75, 3.05) is 24.8 Å². The molecule has 0 fully saturated rings. The molecule has 0 heterocycles. The lowest BCUT2D eigenvalue weighted by molar-refractivity contribution is -0.169. The Bertz CT molecular complexity index is 703. The smallest absolute Gasteiger partial charge is 0.335 e. The van der Waals surface area contributed by atoms with Gasteiger partial charge in [0.1, 0.15) is 0 Å². The first-order valence-corrected chi connectivity index (χ1v) is 11.9. The standard InChI is InChI=1S/C21H33ClO6S/c1-17(2)11-13-26-20(23)19(27-15-18-9-6-5-7-10-18)21(3,4)16-28-29(24,25)14-8-12-22/h5-7,9-10,17,19H,8,11-16H2,1-4H3/t19-/m0/s1. The van der Waals surface area contributed by atoms with Crippen LogP contribution in [-0.2, 0) is 35.2 Å². The third-order valence-electron chi connectivity index (χ3n) is 4.26. The van der Waals surface area contributed by atoms with Crippen LogP contribution >= 0.6 is 11.6 Å². The van der Waals surface area contributed by atoms with Gasteiger partial charge in [0.2, 0.25) is 0 Å². The monoisotopic (exact) mass is 448 g/mol. The quantitative estimate of drug-likeness (QED) is 0.241. The second-order valence-electron chi connectivity index (χ2n) is 8.08. The number of carbonyl (C=O) groups excluding carboxylic acids is 1. The highest BCUT2D eigenvalue weighted by Crippen LogP contribution is 2.27. The maximum atomic E-state index is 12.7. The van der Waals surface area contributed by atoms with E-state index in [1.807, 2.05) is 44.2 Å². The van der Waals surface area contributed by atoms with E-state index in [4.69, 9.17) is 25.3 Å². The van der Waals surface area contributed by atoms with Crippen LogP contribution < -0.4 is 0 Å². The van der Waals surface area contributed by atoms with Crippen LogP contribution in [0, 0.1) is 11.3 Å². The number of hydrogen-bond donors (Lipinski definition) is 0. The van der Waals surface area contributed by atoms with Gasteiger partial charge in [-0.05, 0) is 24.3 Å². The summed E-state index contributed by atoms with van der Waals surface area (Å²) in [6.07, 6.45) is 0.0641. The number of ether oxygens (including phenoxy) is 2. The zero-order valence-electron chi connectivity index (χ0n) is 17.7. The molecule has 0 aliphatic heterocycles. The van der Waals surface area contributed by atoms with Gasteiger partial charge >= 0.3 is 5.97 Å². The van der Waals surface area contributed by atoms with E-state index >= 15 is 0 Å². The van der Waals surface area contributed by atoms with E-state index in [0.29, 0.717) is 12.3 Å². The van der Waals surface area contributed by atoms with Crippen molar-refractivity contribution in [3.8, 4) is 0 Å². The highest BCUT2D eigenvalue weighted by atomic mass is 35.5. The number of rotatable bonds is 14. The molecule has 0 N–H and O–H groups in total. The molecule has 1 atom stereocenters. The van der Waals surface area contributed by atoms with Gasteiger partial charge in [-0.15, -0.1) is 11.6 Å². The lowest BCUT2D eigenvalue weighted by Crippen LogP contribution is -2.43. The zero-order chi connectivity index (χ0) is 21.9. The van der Waals surface area contributed by atoms with Gasteiger partial charge in [-0.3, -0.25) is 4.18 Å². The van der Waals surface area contributed by atoms with E-state index in [0.717, 1.165) is 12.0 Å². The Morgan fingerprint density at radius 2 is 1.83 bits per heavy atom. The average Bonchev–Trinajstić information content (AvgIpc) is 2.65. The van der Waals surface area contributed by atoms with Gasteiger partial charge in [-0.25, -0.2) is 4.79 Å². The summed E-state index contributed by atoms with van der Waals surface area (Å²) in [6.45, 7) is 7.82. The minimum absolute atomic E-state index is 0.166. The fourth-order valence-electron chi connectivity index (χ4n) is 2.44. The largest absolute Gasteiger partial charge is 0.464 e. The molecule has 0 aliphatic rings. The second kappa shape index (κ2) is 12.5. The van der Waals surface area contributed by atoms with Gasteiger partial charge in [-0.1, -0.05) is 58.0 Å². The highest BCUT2D eigenvalue weighted by molar-refractivity contribution is 7.86. The molecule has 6 nitrogen and oxygen atoms in total. The molecule has 0 radical (unpaired) electrons. The van der Waals surface area contributed by atoms with Gasteiger partial charge < -0.3 is 9.47 Å². The molecule has 0 aliphatic carbocycles. The Labute approximate surface area is 180 Å². The van der Waals surface area contributed by atoms with Crippen molar-refractivity contribution in [2.45, 2.75) is 53.2 Å². The topological polar surface area (TPSA) is 78.9 Å². The summed E-state index contributed by atoms with van der Waals surface area (Å²) >= 11 is 5.56. The summed E-state index contributed by atoms with van der Waals surface area (Å²) in [5.41, 5.74) is -0.0171. The van der Waals surface area contributed by atoms with E-state index in [9.17, 15) is 13.2 Å². The van der Waals surface area contributed by atoms with E-state index in [-0.39, 0.29) is 31.5 Å². The summed E-state index contributed by atoms with van der Waals surface area (Å²) in [5, 5.41) is 0. The maximum Gasteiger partial charge on any atom is 0.335 e. The Hall–Kier alpha value is -1.15. The van der Waals surface area contributed by atoms with Crippen molar-refractivity contribution in [1.29, 1.82) is 0 Å². The summed E-state index contributed by atoms with van der Waals surface area (Å²) < 4.78 is 40.5. The summed E-state index contributed by atoms with van der Waals surface area (Å²) in [7, 11) is -3.72. The zero-order valence-corrected chi connectivity index (χ0v) is 19.3. The molecule has 29 heavy (non-hydrogen) atoms. The molecule has 0 unspecified atom stereocenters. The maximum absolute atomic E-state index is 12.7. The third kappa shape index (κ3) is 10.4. The van der Waals surface area contributed by atoms with E-state index in [1.165, 1.54) is 0 Å². The third-order valence-corrected chi connectivity index (χ3v) is 5.79. The SMILES string of the molecule is CC(C)CCOC(=O)[C@H](OCc1ccccc1)C(C)(C)COS(=O)(=O)CCCCl.